The number of carbonyl (C=O) groups is 1. The number of halogens is 4. The van der Waals surface area contributed by atoms with E-state index in [1.807, 2.05) is 4.90 Å². The predicted octanol–water partition coefficient (Wildman–Crippen LogP) is 3.35. The van der Waals surface area contributed by atoms with Gasteiger partial charge in [0.05, 0.1) is 17.8 Å². The molecule has 2 saturated heterocycles. The molecule has 2 aliphatic rings. The number of nitrogens with zero attached hydrogens (tertiary/aromatic N) is 5. The second-order valence-electron chi connectivity index (χ2n) is 9.23. The maximum absolute atomic E-state index is 13.9. The molecule has 0 saturated carbocycles. The molecule has 0 unspecified atom stereocenters. The molecule has 4 rings (SSSR count). The normalized spacial score (nSPS) is 17.6. The van der Waals surface area contributed by atoms with Crippen LogP contribution >= 0.6 is 0 Å². The molecule has 0 aliphatic carbocycles. The lowest BCUT2D eigenvalue weighted by Crippen LogP contribution is -2.49. The molecule has 0 bridgehead atoms. The summed E-state index contributed by atoms with van der Waals surface area (Å²) in [6.07, 6.45) is -1.62. The van der Waals surface area contributed by atoms with Gasteiger partial charge in [0.2, 0.25) is 11.9 Å². The lowest BCUT2D eigenvalue weighted by Gasteiger charge is -2.38. The minimum absolute atomic E-state index is 0.103. The van der Waals surface area contributed by atoms with Crippen LogP contribution in [0.1, 0.15) is 18.9 Å². The van der Waals surface area contributed by atoms with Crippen molar-refractivity contribution < 1.29 is 22.4 Å². The summed E-state index contributed by atoms with van der Waals surface area (Å²) in [7, 11) is 0. The van der Waals surface area contributed by atoms with Crippen LogP contribution < -0.4 is 20.9 Å². The SMILES string of the molecule is CC/C=C\C(=C(/N)N1CCN(c2cc(-c3ccc(F)c(C)c3)nc(N3CCNC(=O)C3)n2)CC1)C(F)(F)F. The van der Waals surface area contributed by atoms with Crippen molar-refractivity contribution in [2.24, 2.45) is 5.73 Å². The Morgan fingerprint density at radius 2 is 1.84 bits per heavy atom. The highest BCUT2D eigenvalue weighted by Crippen LogP contribution is 2.31. The zero-order valence-electron chi connectivity index (χ0n) is 21.4. The van der Waals surface area contributed by atoms with Crippen molar-refractivity contribution in [1.82, 2.24) is 20.2 Å². The molecule has 0 radical (unpaired) electrons. The zero-order valence-corrected chi connectivity index (χ0v) is 21.4. The minimum atomic E-state index is -4.56. The molecule has 204 valence electrons. The van der Waals surface area contributed by atoms with Crippen LogP contribution in [-0.4, -0.2) is 72.8 Å². The van der Waals surface area contributed by atoms with Crippen molar-refractivity contribution in [2.75, 3.05) is 55.6 Å². The van der Waals surface area contributed by atoms with Gasteiger partial charge in [0.1, 0.15) is 17.5 Å². The van der Waals surface area contributed by atoms with Crippen molar-refractivity contribution in [3.8, 4) is 11.3 Å². The van der Waals surface area contributed by atoms with Crippen molar-refractivity contribution in [3.05, 3.63) is 59.2 Å². The van der Waals surface area contributed by atoms with Gasteiger partial charge in [-0.3, -0.25) is 4.79 Å². The number of rotatable bonds is 6. The number of benzene rings is 1. The number of nitrogens with two attached hydrogens (primary N) is 1. The number of anilines is 2. The van der Waals surface area contributed by atoms with E-state index in [1.54, 1.807) is 36.9 Å². The number of hydrogen-bond donors (Lipinski definition) is 2. The number of aryl methyl sites for hydroxylation is 1. The van der Waals surface area contributed by atoms with Crippen molar-refractivity contribution in [3.63, 3.8) is 0 Å². The third kappa shape index (κ3) is 6.17. The first-order chi connectivity index (χ1) is 18.1. The van der Waals surface area contributed by atoms with Gasteiger partial charge in [-0.05, 0) is 37.1 Å². The molecule has 2 fully saturated rings. The zero-order chi connectivity index (χ0) is 27.4. The summed E-state index contributed by atoms with van der Waals surface area (Å²) in [5.74, 6) is 0.164. The van der Waals surface area contributed by atoms with Gasteiger partial charge in [-0.25, -0.2) is 9.37 Å². The number of alkyl halides is 3. The summed E-state index contributed by atoms with van der Waals surface area (Å²) in [6.45, 7) is 5.79. The fourth-order valence-corrected chi connectivity index (χ4v) is 4.39. The molecular formula is C26H31F4N7O. The van der Waals surface area contributed by atoms with Crippen LogP contribution in [0.15, 0.2) is 47.8 Å². The molecule has 8 nitrogen and oxygen atoms in total. The summed E-state index contributed by atoms with van der Waals surface area (Å²) >= 11 is 0. The maximum atomic E-state index is 13.9. The van der Waals surface area contributed by atoms with Crippen LogP contribution in [0.4, 0.5) is 29.3 Å². The van der Waals surface area contributed by atoms with E-state index in [1.165, 1.54) is 17.0 Å². The van der Waals surface area contributed by atoms with Crippen molar-refractivity contribution in [1.29, 1.82) is 0 Å². The number of carbonyl (C=O) groups excluding carboxylic acids is 1. The minimum Gasteiger partial charge on any atom is -0.385 e. The summed E-state index contributed by atoms with van der Waals surface area (Å²) in [4.78, 5) is 26.6. The average molecular weight is 534 g/mol. The van der Waals surface area contributed by atoms with Crippen LogP contribution in [0.25, 0.3) is 11.3 Å². The molecule has 2 aromatic rings. The summed E-state index contributed by atoms with van der Waals surface area (Å²) in [6, 6.07) is 6.48. The lowest BCUT2D eigenvalue weighted by atomic mass is 10.1. The van der Waals surface area contributed by atoms with Crippen molar-refractivity contribution in [2.45, 2.75) is 26.4 Å². The first kappa shape index (κ1) is 27.2. The third-order valence-electron chi connectivity index (χ3n) is 6.52. The Morgan fingerprint density at radius 1 is 1.11 bits per heavy atom. The Morgan fingerprint density at radius 3 is 2.47 bits per heavy atom. The van der Waals surface area contributed by atoms with Gasteiger partial charge in [0.25, 0.3) is 0 Å². The van der Waals surface area contributed by atoms with E-state index in [9.17, 15) is 22.4 Å². The Bertz CT molecular complexity index is 1240. The first-order valence-corrected chi connectivity index (χ1v) is 12.5. The molecule has 1 amide bonds. The van der Waals surface area contributed by atoms with Gasteiger partial charge in [0.15, 0.2) is 0 Å². The quantitative estimate of drug-likeness (QED) is 0.435. The van der Waals surface area contributed by atoms with E-state index in [0.29, 0.717) is 61.2 Å². The Labute approximate surface area is 218 Å². The third-order valence-corrected chi connectivity index (χ3v) is 6.52. The van der Waals surface area contributed by atoms with Gasteiger partial charge < -0.3 is 25.8 Å². The molecule has 12 heteroatoms. The predicted molar refractivity (Wildman–Crippen MR) is 138 cm³/mol. The van der Waals surface area contributed by atoms with E-state index < -0.39 is 11.7 Å². The van der Waals surface area contributed by atoms with Gasteiger partial charge >= 0.3 is 6.18 Å². The molecule has 2 aliphatic heterocycles. The summed E-state index contributed by atoms with van der Waals surface area (Å²) < 4.78 is 54.7. The van der Waals surface area contributed by atoms with Crippen molar-refractivity contribution >= 4 is 17.7 Å². The molecular weight excluding hydrogens is 502 g/mol. The van der Waals surface area contributed by atoms with Gasteiger partial charge in [-0.15, -0.1) is 0 Å². The Balaban J connectivity index is 1.63. The number of piperazine rings is 2. The number of nitrogens with one attached hydrogen (secondary N) is 1. The smallest absolute Gasteiger partial charge is 0.385 e. The molecule has 3 heterocycles. The Kier molecular flexibility index (Phi) is 8.08. The summed E-state index contributed by atoms with van der Waals surface area (Å²) in [5, 5.41) is 2.77. The fourth-order valence-electron chi connectivity index (χ4n) is 4.39. The largest absolute Gasteiger partial charge is 0.419 e. The number of allylic oxidation sites excluding steroid dienone is 3. The monoisotopic (exact) mass is 533 g/mol. The molecule has 0 spiro atoms. The van der Waals surface area contributed by atoms with Gasteiger partial charge in [0, 0.05) is 50.9 Å². The molecule has 3 N–H and O–H groups in total. The standard InChI is InChI=1S/C26H31F4N7O/c1-3-4-5-19(26(28,29)30)24(31)36-12-10-35(11-13-36)22-15-21(18-6-7-20(27)17(2)14-18)33-25(34-22)37-9-8-32-23(38)16-37/h4-7,14-15H,3,8-13,16,31H2,1-2H3,(H,32,38)/b5-4-,24-19-. The van der Waals surface area contributed by atoms with E-state index >= 15 is 0 Å². The molecule has 0 atom stereocenters. The number of hydrogen-bond acceptors (Lipinski definition) is 7. The fraction of sp³-hybridized carbons (Fsp3) is 0.423. The molecule has 1 aromatic heterocycles. The summed E-state index contributed by atoms with van der Waals surface area (Å²) in [5.41, 5.74) is 6.85. The molecule has 1 aromatic carbocycles. The van der Waals surface area contributed by atoms with Crippen LogP contribution in [0.3, 0.4) is 0 Å². The van der Waals surface area contributed by atoms with E-state index in [2.05, 4.69) is 10.3 Å². The average Bonchev–Trinajstić information content (AvgIpc) is 2.89. The maximum Gasteiger partial charge on any atom is 0.419 e. The lowest BCUT2D eigenvalue weighted by molar-refractivity contribution is -0.120. The van der Waals surface area contributed by atoms with E-state index in [4.69, 9.17) is 10.7 Å². The van der Waals surface area contributed by atoms with E-state index in [-0.39, 0.29) is 37.2 Å². The highest BCUT2D eigenvalue weighted by atomic mass is 19.4. The van der Waals surface area contributed by atoms with Gasteiger partial charge in [-0.1, -0.05) is 19.1 Å². The van der Waals surface area contributed by atoms with Crippen LogP contribution in [0.5, 0.6) is 0 Å². The van der Waals surface area contributed by atoms with Crippen LogP contribution in [0.2, 0.25) is 0 Å². The van der Waals surface area contributed by atoms with E-state index in [0.717, 1.165) is 6.08 Å². The highest BCUT2D eigenvalue weighted by Gasteiger charge is 2.36. The topological polar surface area (TPSA) is 90.6 Å². The van der Waals surface area contributed by atoms with Crippen LogP contribution in [0, 0.1) is 12.7 Å². The number of amides is 1. The molecule has 38 heavy (non-hydrogen) atoms. The van der Waals surface area contributed by atoms with Crippen LogP contribution in [-0.2, 0) is 4.79 Å². The second-order valence-corrected chi connectivity index (χ2v) is 9.23. The van der Waals surface area contributed by atoms with Gasteiger partial charge in [-0.2, -0.15) is 18.2 Å². The highest BCUT2D eigenvalue weighted by molar-refractivity contribution is 5.82. The first-order valence-electron chi connectivity index (χ1n) is 12.5. The second kappa shape index (κ2) is 11.3. The Hall–Kier alpha value is -3.83. The number of aromatic nitrogens is 2.